The maximum absolute atomic E-state index is 12.3. The first-order valence-electron chi connectivity index (χ1n) is 5.93. The fraction of sp³-hybridized carbons (Fsp3) is 0.214. The first-order chi connectivity index (χ1) is 9.51. The molecule has 1 aromatic heterocycles. The summed E-state index contributed by atoms with van der Waals surface area (Å²) in [5.41, 5.74) is 7.19. The molecule has 0 fully saturated rings. The van der Waals surface area contributed by atoms with E-state index in [1.165, 1.54) is 11.3 Å². The van der Waals surface area contributed by atoms with Gasteiger partial charge in [0.15, 0.2) is 0 Å². The summed E-state index contributed by atoms with van der Waals surface area (Å²) in [6.07, 6.45) is 0. The average molecular weight is 311 g/mol. The number of methoxy groups -OCH3 is 1. The zero-order valence-corrected chi connectivity index (χ0v) is 12.8. The lowest BCUT2D eigenvalue weighted by Gasteiger charge is -2.17. The van der Waals surface area contributed by atoms with Gasteiger partial charge in [0, 0.05) is 35.7 Å². The molecule has 2 aromatic rings. The Labute approximate surface area is 126 Å². The van der Waals surface area contributed by atoms with Crippen LogP contribution in [0.15, 0.2) is 29.6 Å². The van der Waals surface area contributed by atoms with E-state index in [4.69, 9.17) is 22.1 Å². The summed E-state index contributed by atoms with van der Waals surface area (Å²) in [6, 6.07) is 6.97. The average Bonchev–Trinajstić information content (AvgIpc) is 2.90. The molecule has 0 aliphatic carbocycles. The number of amides is 1. The van der Waals surface area contributed by atoms with E-state index < -0.39 is 0 Å². The van der Waals surface area contributed by atoms with E-state index >= 15 is 0 Å². The fourth-order valence-electron chi connectivity index (χ4n) is 1.77. The van der Waals surface area contributed by atoms with Crippen LogP contribution in [0.25, 0.3) is 0 Å². The van der Waals surface area contributed by atoms with E-state index in [2.05, 4.69) is 0 Å². The van der Waals surface area contributed by atoms with Crippen LogP contribution in [0.4, 0.5) is 5.69 Å². The summed E-state index contributed by atoms with van der Waals surface area (Å²) in [4.78, 5) is 14.5. The van der Waals surface area contributed by atoms with Gasteiger partial charge in [-0.05, 0) is 23.8 Å². The number of thiophene rings is 1. The summed E-state index contributed by atoms with van der Waals surface area (Å²) in [5, 5.41) is 2.40. The lowest BCUT2D eigenvalue weighted by Crippen LogP contribution is -2.25. The molecule has 0 bridgehead atoms. The highest BCUT2D eigenvalue weighted by Crippen LogP contribution is 2.24. The van der Waals surface area contributed by atoms with Crippen molar-refractivity contribution < 1.29 is 9.53 Å². The van der Waals surface area contributed by atoms with E-state index in [0.29, 0.717) is 27.9 Å². The summed E-state index contributed by atoms with van der Waals surface area (Å²) in [5.74, 6) is 0.616. The highest BCUT2D eigenvalue weighted by Gasteiger charge is 2.16. The molecule has 106 valence electrons. The molecule has 20 heavy (non-hydrogen) atoms. The molecule has 0 saturated carbocycles. The van der Waals surface area contributed by atoms with E-state index in [9.17, 15) is 4.79 Å². The first kappa shape index (κ1) is 14.7. The van der Waals surface area contributed by atoms with Crippen LogP contribution in [-0.2, 0) is 6.54 Å². The quantitative estimate of drug-likeness (QED) is 0.882. The van der Waals surface area contributed by atoms with Gasteiger partial charge in [-0.2, -0.15) is 0 Å². The predicted octanol–water partition coefficient (Wildman–Crippen LogP) is 3.26. The van der Waals surface area contributed by atoms with Crippen molar-refractivity contribution in [2.75, 3.05) is 19.9 Å². The molecule has 0 unspecified atom stereocenters. The molecular weight excluding hydrogens is 296 g/mol. The molecule has 0 spiro atoms. The molecule has 2 rings (SSSR count). The molecule has 0 saturated heterocycles. The summed E-state index contributed by atoms with van der Waals surface area (Å²) < 4.78 is 5.08. The normalized spacial score (nSPS) is 10.3. The summed E-state index contributed by atoms with van der Waals surface area (Å²) >= 11 is 7.46. The Morgan fingerprint density at radius 3 is 2.85 bits per heavy atom. The van der Waals surface area contributed by atoms with Crippen molar-refractivity contribution >= 4 is 34.5 Å². The van der Waals surface area contributed by atoms with Crippen molar-refractivity contribution in [2.45, 2.75) is 6.54 Å². The molecule has 0 atom stereocenters. The topological polar surface area (TPSA) is 55.6 Å². The lowest BCUT2D eigenvalue weighted by atomic mass is 10.2. The molecule has 1 amide bonds. The van der Waals surface area contributed by atoms with E-state index in [1.54, 1.807) is 48.7 Å². The second-order valence-corrected chi connectivity index (χ2v) is 5.68. The van der Waals surface area contributed by atoms with Gasteiger partial charge in [0.2, 0.25) is 0 Å². The molecule has 1 heterocycles. The number of carbonyl (C=O) groups is 1. The monoisotopic (exact) mass is 310 g/mol. The minimum Gasteiger partial charge on any atom is -0.496 e. The number of benzene rings is 1. The Bertz CT molecular complexity index is 627. The van der Waals surface area contributed by atoms with Gasteiger partial charge >= 0.3 is 0 Å². The number of ether oxygens (including phenoxy) is 1. The maximum Gasteiger partial charge on any atom is 0.264 e. The van der Waals surface area contributed by atoms with Crippen LogP contribution in [0.2, 0.25) is 5.02 Å². The number of nitrogens with two attached hydrogens (primary N) is 1. The molecule has 0 radical (unpaired) electrons. The fourth-order valence-corrected chi connectivity index (χ4v) is 2.79. The Morgan fingerprint density at radius 2 is 2.20 bits per heavy atom. The number of nitrogen functional groups attached to an aromatic ring is 1. The number of rotatable bonds is 4. The summed E-state index contributed by atoms with van der Waals surface area (Å²) in [7, 11) is 3.31. The molecule has 0 aliphatic heterocycles. The third kappa shape index (κ3) is 3.23. The van der Waals surface area contributed by atoms with Crippen molar-refractivity contribution in [3.8, 4) is 5.75 Å². The number of hydrogen-bond acceptors (Lipinski definition) is 4. The van der Waals surface area contributed by atoms with Crippen LogP contribution in [0.3, 0.4) is 0 Å². The minimum absolute atomic E-state index is 0.0724. The number of nitrogens with zero attached hydrogens (tertiary/aromatic N) is 1. The first-order valence-corrected chi connectivity index (χ1v) is 7.19. The van der Waals surface area contributed by atoms with Crippen molar-refractivity contribution in [2.24, 2.45) is 0 Å². The molecule has 1 aromatic carbocycles. The van der Waals surface area contributed by atoms with E-state index in [0.717, 1.165) is 5.56 Å². The van der Waals surface area contributed by atoms with E-state index in [-0.39, 0.29) is 5.91 Å². The van der Waals surface area contributed by atoms with Crippen LogP contribution in [0.5, 0.6) is 5.75 Å². The maximum atomic E-state index is 12.3. The summed E-state index contributed by atoms with van der Waals surface area (Å²) in [6.45, 7) is 0.406. The standard InChI is InChI=1S/C14H15ClN2O2S/c1-17(7-9-5-10(16)3-4-12(9)15)14(18)13-6-11(19-2)8-20-13/h3-6,8H,7,16H2,1-2H3. The predicted molar refractivity (Wildman–Crippen MR) is 82.5 cm³/mol. The van der Waals surface area contributed by atoms with Gasteiger partial charge in [-0.1, -0.05) is 11.6 Å². The zero-order chi connectivity index (χ0) is 14.7. The smallest absolute Gasteiger partial charge is 0.264 e. The minimum atomic E-state index is -0.0724. The van der Waals surface area contributed by atoms with Crippen LogP contribution in [0.1, 0.15) is 15.2 Å². The van der Waals surface area contributed by atoms with Crippen LogP contribution < -0.4 is 10.5 Å². The second-order valence-electron chi connectivity index (χ2n) is 4.36. The van der Waals surface area contributed by atoms with Crippen molar-refractivity contribution in [1.29, 1.82) is 0 Å². The molecule has 4 nitrogen and oxygen atoms in total. The third-order valence-corrected chi connectivity index (χ3v) is 4.11. The van der Waals surface area contributed by atoms with Crippen LogP contribution in [-0.4, -0.2) is 25.0 Å². The van der Waals surface area contributed by atoms with Gasteiger partial charge in [0.1, 0.15) is 5.75 Å². The van der Waals surface area contributed by atoms with E-state index in [1.807, 2.05) is 0 Å². The zero-order valence-electron chi connectivity index (χ0n) is 11.2. The Morgan fingerprint density at radius 1 is 1.45 bits per heavy atom. The lowest BCUT2D eigenvalue weighted by molar-refractivity contribution is 0.0789. The van der Waals surface area contributed by atoms with Gasteiger partial charge in [-0.15, -0.1) is 11.3 Å². The van der Waals surface area contributed by atoms with Gasteiger partial charge in [-0.25, -0.2) is 0 Å². The van der Waals surface area contributed by atoms with Crippen molar-refractivity contribution in [1.82, 2.24) is 4.90 Å². The van der Waals surface area contributed by atoms with Crippen molar-refractivity contribution in [3.05, 3.63) is 45.1 Å². The number of anilines is 1. The third-order valence-electron chi connectivity index (χ3n) is 2.85. The number of halogens is 1. The molecule has 0 aliphatic rings. The van der Waals surface area contributed by atoms with Crippen LogP contribution >= 0.6 is 22.9 Å². The largest absolute Gasteiger partial charge is 0.496 e. The van der Waals surface area contributed by atoms with Gasteiger partial charge in [0.25, 0.3) is 5.91 Å². The Balaban J connectivity index is 2.13. The number of carbonyl (C=O) groups excluding carboxylic acids is 1. The number of hydrogen-bond donors (Lipinski definition) is 1. The highest BCUT2D eigenvalue weighted by atomic mass is 35.5. The highest BCUT2D eigenvalue weighted by molar-refractivity contribution is 7.12. The van der Waals surface area contributed by atoms with Gasteiger partial charge in [-0.3, -0.25) is 4.79 Å². The molecule has 2 N–H and O–H groups in total. The SMILES string of the molecule is COc1csc(C(=O)N(C)Cc2cc(N)ccc2Cl)c1. The van der Waals surface area contributed by atoms with Gasteiger partial charge < -0.3 is 15.4 Å². The molecule has 6 heteroatoms. The molecular formula is C14H15ClN2O2S. The second kappa shape index (κ2) is 6.15. The van der Waals surface area contributed by atoms with Crippen molar-refractivity contribution in [3.63, 3.8) is 0 Å². The van der Waals surface area contributed by atoms with Gasteiger partial charge in [0.05, 0.1) is 12.0 Å². The van der Waals surface area contributed by atoms with Crippen LogP contribution in [0, 0.1) is 0 Å². The Hall–Kier alpha value is -1.72. The Kier molecular flexibility index (Phi) is 4.52.